The Bertz CT molecular complexity index is 366. The van der Waals surface area contributed by atoms with E-state index >= 15 is 0 Å². The van der Waals surface area contributed by atoms with Crippen LogP contribution in [0.4, 0.5) is 5.69 Å². The zero-order chi connectivity index (χ0) is 12.3. The number of hydrogen-bond donors (Lipinski definition) is 3. The van der Waals surface area contributed by atoms with Gasteiger partial charge in [-0.3, -0.25) is 0 Å². The summed E-state index contributed by atoms with van der Waals surface area (Å²) in [6.45, 7) is 0.549. The molecular formula is C13H20N2O2. The van der Waals surface area contributed by atoms with E-state index in [0.717, 1.165) is 24.3 Å². The summed E-state index contributed by atoms with van der Waals surface area (Å²) in [5.41, 5.74) is 6.15. The Kier molecular flexibility index (Phi) is 3.54. The van der Waals surface area contributed by atoms with E-state index in [1.54, 1.807) is 7.11 Å². The number of rotatable bonds is 4. The fraction of sp³-hybridized carbons (Fsp3) is 0.538. The third kappa shape index (κ3) is 3.11. The summed E-state index contributed by atoms with van der Waals surface area (Å²) in [6, 6.07) is 7.81. The highest BCUT2D eigenvalue weighted by Crippen LogP contribution is 2.29. The van der Waals surface area contributed by atoms with E-state index in [2.05, 4.69) is 5.32 Å². The normalized spacial score (nSPS) is 28.1. The van der Waals surface area contributed by atoms with Crippen molar-refractivity contribution in [2.45, 2.75) is 30.9 Å². The molecule has 1 aromatic rings. The summed E-state index contributed by atoms with van der Waals surface area (Å²) >= 11 is 0. The van der Waals surface area contributed by atoms with E-state index in [0.29, 0.717) is 13.0 Å². The first kappa shape index (κ1) is 12.2. The Labute approximate surface area is 102 Å². The fourth-order valence-electron chi connectivity index (χ4n) is 2.28. The van der Waals surface area contributed by atoms with Gasteiger partial charge in [0.25, 0.3) is 0 Å². The van der Waals surface area contributed by atoms with Gasteiger partial charge >= 0.3 is 0 Å². The highest BCUT2D eigenvalue weighted by Gasteiger charge is 2.35. The van der Waals surface area contributed by atoms with Gasteiger partial charge in [-0.25, -0.2) is 0 Å². The molecule has 94 valence electrons. The molecule has 0 aliphatic heterocycles. The second-order valence-corrected chi connectivity index (χ2v) is 4.81. The zero-order valence-corrected chi connectivity index (χ0v) is 10.1. The third-order valence-electron chi connectivity index (χ3n) is 3.33. The molecule has 2 rings (SSSR count). The molecule has 0 spiro atoms. The molecule has 0 heterocycles. The summed E-state index contributed by atoms with van der Waals surface area (Å²) in [7, 11) is 1.64. The number of hydrogen-bond acceptors (Lipinski definition) is 4. The van der Waals surface area contributed by atoms with E-state index in [9.17, 15) is 5.11 Å². The van der Waals surface area contributed by atoms with Gasteiger partial charge in [-0.1, -0.05) is 0 Å². The average molecular weight is 236 g/mol. The Balaban J connectivity index is 1.89. The van der Waals surface area contributed by atoms with Crippen LogP contribution in [-0.4, -0.2) is 30.4 Å². The lowest BCUT2D eigenvalue weighted by Crippen LogP contribution is -2.35. The molecule has 2 unspecified atom stereocenters. The van der Waals surface area contributed by atoms with Gasteiger partial charge in [-0.15, -0.1) is 0 Å². The van der Waals surface area contributed by atoms with Crippen LogP contribution in [0.15, 0.2) is 24.3 Å². The molecule has 17 heavy (non-hydrogen) atoms. The van der Waals surface area contributed by atoms with Crippen molar-refractivity contribution in [3.05, 3.63) is 24.3 Å². The minimum absolute atomic E-state index is 0.137. The molecule has 1 aliphatic carbocycles. The summed E-state index contributed by atoms with van der Waals surface area (Å²) in [5, 5.41) is 13.5. The summed E-state index contributed by atoms with van der Waals surface area (Å²) in [6.07, 6.45) is 2.36. The third-order valence-corrected chi connectivity index (χ3v) is 3.33. The van der Waals surface area contributed by atoms with Crippen LogP contribution in [0.25, 0.3) is 0 Å². The van der Waals surface area contributed by atoms with Crippen LogP contribution in [-0.2, 0) is 0 Å². The number of nitrogens with two attached hydrogens (primary N) is 1. The van der Waals surface area contributed by atoms with Crippen LogP contribution in [0, 0.1) is 0 Å². The van der Waals surface area contributed by atoms with Crippen molar-refractivity contribution in [1.82, 2.24) is 0 Å². The van der Waals surface area contributed by atoms with Gasteiger partial charge in [0, 0.05) is 18.3 Å². The first-order valence-corrected chi connectivity index (χ1v) is 5.97. The topological polar surface area (TPSA) is 67.5 Å². The van der Waals surface area contributed by atoms with E-state index in [-0.39, 0.29) is 6.04 Å². The SMILES string of the molecule is COc1ccc(NCC2(O)CCC(N)C2)cc1. The fourth-order valence-corrected chi connectivity index (χ4v) is 2.28. The Hall–Kier alpha value is -1.26. The minimum atomic E-state index is -0.653. The van der Waals surface area contributed by atoms with Crippen LogP contribution >= 0.6 is 0 Å². The predicted molar refractivity (Wildman–Crippen MR) is 68.3 cm³/mol. The first-order chi connectivity index (χ1) is 8.11. The van der Waals surface area contributed by atoms with Crippen LogP contribution in [0.3, 0.4) is 0 Å². The van der Waals surface area contributed by atoms with Crippen LogP contribution < -0.4 is 15.8 Å². The number of aliphatic hydroxyl groups is 1. The second kappa shape index (κ2) is 4.94. The summed E-state index contributed by atoms with van der Waals surface area (Å²) in [4.78, 5) is 0. The maximum absolute atomic E-state index is 10.3. The molecule has 0 saturated heterocycles. The van der Waals surface area contributed by atoms with E-state index in [1.165, 1.54) is 0 Å². The molecular weight excluding hydrogens is 216 g/mol. The molecule has 1 fully saturated rings. The number of methoxy groups -OCH3 is 1. The van der Waals surface area contributed by atoms with Crippen molar-refractivity contribution in [3.8, 4) is 5.75 Å². The van der Waals surface area contributed by atoms with Gasteiger partial charge in [0.2, 0.25) is 0 Å². The van der Waals surface area contributed by atoms with Crippen molar-refractivity contribution in [1.29, 1.82) is 0 Å². The maximum Gasteiger partial charge on any atom is 0.119 e. The van der Waals surface area contributed by atoms with Crippen molar-refractivity contribution in [2.75, 3.05) is 19.0 Å². The number of ether oxygens (including phenoxy) is 1. The molecule has 2 atom stereocenters. The summed E-state index contributed by atoms with van der Waals surface area (Å²) < 4.78 is 5.09. The lowest BCUT2D eigenvalue weighted by atomic mass is 10.0. The molecule has 4 heteroatoms. The highest BCUT2D eigenvalue weighted by molar-refractivity contribution is 5.46. The molecule has 0 radical (unpaired) electrons. The molecule has 1 aliphatic rings. The van der Waals surface area contributed by atoms with E-state index < -0.39 is 5.60 Å². The average Bonchev–Trinajstić information content (AvgIpc) is 2.68. The van der Waals surface area contributed by atoms with E-state index in [4.69, 9.17) is 10.5 Å². The number of nitrogens with one attached hydrogen (secondary N) is 1. The lowest BCUT2D eigenvalue weighted by molar-refractivity contribution is 0.0601. The predicted octanol–water partition coefficient (Wildman–Crippen LogP) is 1.35. The molecule has 0 bridgehead atoms. The standard InChI is InChI=1S/C13H20N2O2/c1-17-12-4-2-11(3-5-12)15-9-13(16)7-6-10(14)8-13/h2-5,10,15-16H,6-9,14H2,1H3. The molecule has 1 aromatic carbocycles. The van der Waals surface area contributed by atoms with Gasteiger partial charge in [0.1, 0.15) is 5.75 Å². The van der Waals surface area contributed by atoms with Crippen molar-refractivity contribution in [3.63, 3.8) is 0 Å². The maximum atomic E-state index is 10.3. The van der Waals surface area contributed by atoms with Crippen LogP contribution in [0.2, 0.25) is 0 Å². The quantitative estimate of drug-likeness (QED) is 0.738. The monoisotopic (exact) mass is 236 g/mol. The lowest BCUT2D eigenvalue weighted by Gasteiger charge is -2.23. The zero-order valence-electron chi connectivity index (χ0n) is 10.1. The molecule has 0 aromatic heterocycles. The van der Waals surface area contributed by atoms with Crippen molar-refractivity contribution < 1.29 is 9.84 Å². The van der Waals surface area contributed by atoms with Gasteiger partial charge in [-0.05, 0) is 43.5 Å². The first-order valence-electron chi connectivity index (χ1n) is 5.97. The molecule has 0 amide bonds. The molecule has 4 N–H and O–H groups in total. The van der Waals surface area contributed by atoms with E-state index in [1.807, 2.05) is 24.3 Å². The number of anilines is 1. The molecule has 1 saturated carbocycles. The van der Waals surface area contributed by atoms with Crippen molar-refractivity contribution in [2.24, 2.45) is 5.73 Å². The molecule has 4 nitrogen and oxygen atoms in total. The Morgan fingerprint density at radius 1 is 1.47 bits per heavy atom. The number of benzene rings is 1. The van der Waals surface area contributed by atoms with Crippen LogP contribution in [0.1, 0.15) is 19.3 Å². The Morgan fingerprint density at radius 3 is 2.71 bits per heavy atom. The van der Waals surface area contributed by atoms with Gasteiger partial charge in [0.05, 0.1) is 12.7 Å². The highest BCUT2D eigenvalue weighted by atomic mass is 16.5. The van der Waals surface area contributed by atoms with Crippen LogP contribution in [0.5, 0.6) is 5.75 Å². The Morgan fingerprint density at radius 2 is 2.18 bits per heavy atom. The van der Waals surface area contributed by atoms with Gasteiger partial charge < -0.3 is 20.9 Å². The second-order valence-electron chi connectivity index (χ2n) is 4.81. The minimum Gasteiger partial charge on any atom is -0.497 e. The van der Waals surface area contributed by atoms with Gasteiger partial charge in [-0.2, -0.15) is 0 Å². The smallest absolute Gasteiger partial charge is 0.119 e. The summed E-state index contributed by atoms with van der Waals surface area (Å²) in [5.74, 6) is 0.831. The van der Waals surface area contributed by atoms with Crippen molar-refractivity contribution >= 4 is 5.69 Å². The largest absolute Gasteiger partial charge is 0.497 e. The van der Waals surface area contributed by atoms with Gasteiger partial charge in [0.15, 0.2) is 0 Å².